The van der Waals surface area contributed by atoms with Gasteiger partial charge in [-0.1, -0.05) is 17.8 Å². The summed E-state index contributed by atoms with van der Waals surface area (Å²) in [5.41, 5.74) is 1.79. The fourth-order valence-electron chi connectivity index (χ4n) is 3.39. The first kappa shape index (κ1) is 23.6. The number of benzene rings is 2. The Morgan fingerprint density at radius 2 is 1.76 bits per heavy atom. The summed E-state index contributed by atoms with van der Waals surface area (Å²) in [4.78, 5) is 24.9. The van der Waals surface area contributed by atoms with Crippen LogP contribution >= 0.6 is 11.8 Å². The Balaban J connectivity index is 1.29. The molecule has 2 amide bonds. The molecule has 1 saturated carbocycles. The van der Waals surface area contributed by atoms with Crippen molar-refractivity contribution in [2.75, 3.05) is 23.0 Å². The van der Waals surface area contributed by atoms with Crippen molar-refractivity contribution >= 4 is 35.0 Å². The molecule has 0 atom stereocenters. The predicted octanol–water partition coefficient (Wildman–Crippen LogP) is 4.72. The zero-order chi connectivity index (χ0) is 23.9. The Kier molecular flexibility index (Phi) is 7.64. The number of amides is 2. The van der Waals surface area contributed by atoms with E-state index >= 15 is 0 Å². The molecule has 9 heteroatoms. The van der Waals surface area contributed by atoms with Crippen molar-refractivity contribution in [3.05, 3.63) is 72.6 Å². The minimum Gasteiger partial charge on any atom is -0.494 e. The van der Waals surface area contributed by atoms with Crippen LogP contribution in [-0.4, -0.2) is 38.9 Å². The Morgan fingerprint density at radius 3 is 2.41 bits per heavy atom. The predicted molar refractivity (Wildman–Crippen MR) is 134 cm³/mol. The number of thioether (sulfide) groups is 1. The second kappa shape index (κ2) is 11.0. The van der Waals surface area contributed by atoms with Crippen LogP contribution in [0.3, 0.4) is 0 Å². The van der Waals surface area contributed by atoms with Gasteiger partial charge in [0, 0.05) is 29.4 Å². The van der Waals surface area contributed by atoms with Gasteiger partial charge < -0.3 is 19.9 Å². The van der Waals surface area contributed by atoms with Gasteiger partial charge in [0.2, 0.25) is 5.91 Å². The molecule has 2 aromatic carbocycles. The summed E-state index contributed by atoms with van der Waals surface area (Å²) in [6.07, 6.45) is 4.08. The fraction of sp³-hybridized carbons (Fsp3) is 0.280. The second-order valence-corrected chi connectivity index (χ2v) is 8.78. The minimum absolute atomic E-state index is 0.155. The van der Waals surface area contributed by atoms with Gasteiger partial charge in [0.1, 0.15) is 11.6 Å². The number of aromatic nitrogens is 3. The van der Waals surface area contributed by atoms with Crippen molar-refractivity contribution in [1.82, 2.24) is 14.8 Å². The molecule has 0 unspecified atom stereocenters. The van der Waals surface area contributed by atoms with E-state index in [1.165, 1.54) is 11.8 Å². The van der Waals surface area contributed by atoms with E-state index in [4.69, 9.17) is 4.74 Å². The van der Waals surface area contributed by atoms with E-state index < -0.39 is 0 Å². The average molecular weight is 478 g/mol. The first-order chi connectivity index (χ1) is 16.6. The van der Waals surface area contributed by atoms with Gasteiger partial charge in [-0.25, -0.2) is 0 Å². The Hall–Kier alpha value is -3.59. The highest BCUT2D eigenvalue weighted by Crippen LogP contribution is 2.40. The van der Waals surface area contributed by atoms with Gasteiger partial charge in [0.25, 0.3) is 5.91 Å². The summed E-state index contributed by atoms with van der Waals surface area (Å²) in [6, 6.07) is 14.0. The van der Waals surface area contributed by atoms with Crippen molar-refractivity contribution in [2.24, 2.45) is 0 Å². The maximum Gasteiger partial charge on any atom is 0.255 e. The van der Waals surface area contributed by atoms with Crippen molar-refractivity contribution < 1.29 is 14.3 Å². The summed E-state index contributed by atoms with van der Waals surface area (Å²) >= 11 is 1.35. The molecule has 4 rings (SSSR count). The number of allylic oxidation sites excluding steroid dienone is 1. The molecule has 0 saturated heterocycles. The normalized spacial score (nSPS) is 12.7. The zero-order valence-corrected chi connectivity index (χ0v) is 19.8. The van der Waals surface area contributed by atoms with E-state index in [1.54, 1.807) is 36.4 Å². The van der Waals surface area contributed by atoms with Gasteiger partial charge in [-0.3, -0.25) is 9.59 Å². The number of carbonyl (C=O) groups excluding carboxylic acids is 2. The summed E-state index contributed by atoms with van der Waals surface area (Å²) in [6.45, 7) is 6.94. The number of anilines is 2. The Morgan fingerprint density at radius 1 is 1.09 bits per heavy atom. The van der Waals surface area contributed by atoms with Gasteiger partial charge in [-0.2, -0.15) is 0 Å². The quantitative estimate of drug-likeness (QED) is 0.306. The van der Waals surface area contributed by atoms with Crippen LogP contribution in [0.2, 0.25) is 0 Å². The van der Waals surface area contributed by atoms with E-state index in [0.29, 0.717) is 36.0 Å². The molecular weight excluding hydrogens is 450 g/mol. The van der Waals surface area contributed by atoms with Gasteiger partial charge in [-0.05, 0) is 68.3 Å². The van der Waals surface area contributed by atoms with Crippen LogP contribution in [0.15, 0.2) is 66.3 Å². The number of hydrogen-bond donors (Lipinski definition) is 2. The number of carbonyl (C=O) groups is 2. The number of rotatable bonds is 11. The molecule has 1 aromatic heterocycles. The van der Waals surface area contributed by atoms with Crippen LogP contribution in [0.1, 0.15) is 41.9 Å². The summed E-state index contributed by atoms with van der Waals surface area (Å²) in [5, 5.41) is 15.0. The highest BCUT2D eigenvalue weighted by atomic mass is 32.2. The molecule has 0 bridgehead atoms. The third-order valence-electron chi connectivity index (χ3n) is 5.19. The van der Waals surface area contributed by atoms with Crippen molar-refractivity contribution in [1.29, 1.82) is 0 Å². The minimum atomic E-state index is -0.231. The van der Waals surface area contributed by atoms with Crippen LogP contribution in [0.5, 0.6) is 5.75 Å². The SMILES string of the molecule is C=CCn1c(SCC(=O)Nc2ccc(C(=O)Nc3ccc(OCC)cc3)cc2)nnc1C1CC1. The average Bonchev–Trinajstić information content (AvgIpc) is 3.61. The largest absolute Gasteiger partial charge is 0.494 e. The third kappa shape index (κ3) is 6.05. The Bertz CT molecular complexity index is 1150. The molecule has 0 radical (unpaired) electrons. The summed E-state index contributed by atoms with van der Waals surface area (Å²) in [5.74, 6) is 2.02. The molecule has 1 heterocycles. The van der Waals surface area contributed by atoms with E-state index in [0.717, 1.165) is 29.6 Å². The number of nitrogens with one attached hydrogen (secondary N) is 2. The number of hydrogen-bond acceptors (Lipinski definition) is 6. The lowest BCUT2D eigenvalue weighted by Crippen LogP contribution is -2.15. The summed E-state index contributed by atoms with van der Waals surface area (Å²) < 4.78 is 7.44. The van der Waals surface area contributed by atoms with Crippen molar-refractivity contribution in [2.45, 2.75) is 37.4 Å². The molecular formula is C25H27N5O3S. The lowest BCUT2D eigenvalue weighted by atomic mass is 10.2. The van der Waals surface area contributed by atoms with E-state index in [1.807, 2.05) is 29.7 Å². The molecule has 0 aliphatic heterocycles. The van der Waals surface area contributed by atoms with E-state index in [2.05, 4.69) is 27.4 Å². The maximum absolute atomic E-state index is 12.5. The second-order valence-electron chi connectivity index (χ2n) is 7.84. The fourth-order valence-corrected chi connectivity index (χ4v) is 4.14. The van der Waals surface area contributed by atoms with Crippen molar-refractivity contribution in [3.8, 4) is 5.75 Å². The maximum atomic E-state index is 12.5. The monoisotopic (exact) mass is 477 g/mol. The van der Waals surface area contributed by atoms with Gasteiger partial charge in [-0.15, -0.1) is 16.8 Å². The van der Waals surface area contributed by atoms with E-state index in [-0.39, 0.29) is 17.6 Å². The van der Waals surface area contributed by atoms with E-state index in [9.17, 15) is 9.59 Å². The zero-order valence-electron chi connectivity index (χ0n) is 19.0. The standard InChI is InChI=1S/C25H27N5O3S/c1-3-15-30-23(17-5-6-17)28-29-25(30)34-16-22(31)26-19-9-7-18(8-10-19)24(32)27-20-11-13-21(14-12-20)33-4-2/h3,7-14,17H,1,4-6,15-16H2,2H3,(H,26,31)(H,27,32). The molecule has 1 aliphatic rings. The molecule has 1 aliphatic carbocycles. The molecule has 1 fully saturated rings. The van der Waals surface area contributed by atoms with Crippen LogP contribution < -0.4 is 15.4 Å². The van der Waals surface area contributed by atoms with Crippen LogP contribution in [0, 0.1) is 0 Å². The molecule has 0 spiro atoms. The smallest absolute Gasteiger partial charge is 0.255 e. The van der Waals surface area contributed by atoms with Gasteiger partial charge in [0.15, 0.2) is 5.16 Å². The Labute approximate surface area is 202 Å². The molecule has 34 heavy (non-hydrogen) atoms. The molecule has 8 nitrogen and oxygen atoms in total. The highest BCUT2D eigenvalue weighted by Gasteiger charge is 2.30. The van der Waals surface area contributed by atoms with Crippen LogP contribution in [-0.2, 0) is 11.3 Å². The third-order valence-corrected chi connectivity index (χ3v) is 6.15. The highest BCUT2D eigenvalue weighted by molar-refractivity contribution is 7.99. The van der Waals surface area contributed by atoms with Gasteiger partial charge in [0.05, 0.1) is 12.4 Å². The number of ether oxygens (including phenoxy) is 1. The topological polar surface area (TPSA) is 98.1 Å². The molecule has 176 valence electrons. The van der Waals surface area contributed by atoms with Crippen LogP contribution in [0.4, 0.5) is 11.4 Å². The number of nitrogens with zero attached hydrogens (tertiary/aromatic N) is 3. The molecule has 2 N–H and O–H groups in total. The molecule has 3 aromatic rings. The van der Waals surface area contributed by atoms with Gasteiger partial charge >= 0.3 is 0 Å². The lowest BCUT2D eigenvalue weighted by molar-refractivity contribution is -0.113. The first-order valence-corrected chi connectivity index (χ1v) is 12.2. The first-order valence-electron chi connectivity index (χ1n) is 11.2. The summed E-state index contributed by atoms with van der Waals surface area (Å²) in [7, 11) is 0. The van der Waals surface area contributed by atoms with Crippen molar-refractivity contribution in [3.63, 3.8) is 0 Å². The lowest BCUT2D eigenvalue weighted by Gasteiger charge is -2.09. The van der Waals surface area contributed by atoms with Crippen LogP contribution in [0.25, 0.3) is 0 Å².